The molecule has 0 radical (unpaired) electrons. The summed E-state index contributed by atoms with van der Waals surface area (Å²) in [4.78, 5) is 18.9. The minimum atomic E-state index is -0.169. The molecule has 110 valence electrons. The monoisotopic (exact) mass is 284 g/mol. The smallest absolute Gasteiger partial charge is 0.272 e. The van der Waals surface area contributed by atoms with Crippen molar-refractivity contribution in [3.8, 4) is 11.8 Å². The molecule has 1 saturated carbocycles. The predicted octanol–water partition coefficient (Wildman–Crippen LogP) is 1.83. The number of amides is 1. The van der Waals surface area contributed by atoms with Crippen molar-refractivity contribution >= 4 is 5.91 Å². The van der Waals surface area contributed by atoms with E-state index in [1.807, 2.05) is 4.90 Å². The van der Waals surface area contributed by atoms with Gasteiger partial charge in [0.25, 0.3) is 5.91 Å². The summed E-state index contributed by atoms with van der Waals surface area (Å²) in [6.45, 7) is 0.694. The Morgan fingerprint density at radius 3 is 2.95 bits per heavy atom. The number of pyridine rings is 1. The van der Waals surface area contributed by atoms with Crippen molar-refractivity contribution in [3.05, 3.63) is 29.6 Å². The molecule has 2 atom stereocenters. The molecule has 1 aliphatic carbocycles. The topological polar surface area (TPSA) is 53.4 Å². The SMILES string of the molecule is O=C(c1ccc(C#CCO)cn1)N1CCC2CCCCC21. The number of aliphatic hydroxyl groups excluding tert-OH is 1. The first kappa shape index (κ1) is 14.1. The summed E-state index contributed by atoms with van der Waals surface area (Å²) in [6.07, 6.45) is 7.67. The summed E-state index contributed by atoms with van der Waals surface area (Å²) in [5, 5.41) is 8.67. The van der Waals surface area contributed by atoms with Gasteiger partial charge in [-0.1, -0.05) is 24.7 Å². The Hall–Kier alpha value is -1.86. The number of nitrogens with zero attached hydrogens (tertiary/aromatic N) is 2. The molecule has 4 heteroatoms. The second kappa shape index (κ2) is 6.28. The molecule has 1 aromatic rings. The second-order valence-electron chi connectivity index (χ2n) is 5.79. The number of fused-ring (bicyclic) bond motifs is 1. The van der Waals surface area contributed by atoms with Gasteiger partial charge in [-0.05, 0) is 37.3 Å². The molecule has 1 N–H and O–H groups in total. The number of aromatic nitrogens is 1. The van der Waals surface area contributed by atoms with E-state index in [2.05, 4.69) is 16.8 Å². The summed E-state index contributed by atoms with van der Waals surface area (Å²) in [6, 6.07) is 3.94. The number of carbonyl (C=O) groups is 1. The zero-order valence-electron chi connectivity index (χ0n) is 12.1. The Bertz CT molecular complexity index is 571. The van der Waals surface area contributed by atoms with Crippen molar-refractivity contribution in [2.24, 2.45) is 5.92 Å². The molecule has 2 aliphatic rings. The largest absolute Gasteiger partial charge is 0.384 e. The molecule has 2 fully saturated rings. The maximum atomic E-state index is 12.6. The first-order chi connectivity index (χ1) is 10.3. The van der Waals surface area contributed by atoms with Crippen molar-refractivity contribution in [1.29, 1.82) is 0 Å². The van der Waals surface area contributed by atoms with Crippen LogP contribution >= 0.6 is 0 Å². The van der Waals surface area contributed by atoms with Crippen LogP contribution in [0.4, 0.5) is 0 Å². The lowest BCUT2D eigenvalue weighted by Crippen LogP contribution is -2.39. The molecule has 2 unspecified atom stereocenters. The first-order valence-electron chi connectivity index (χ1n) is 7.66. The Morgan fingerprint density at radius 2 is 2.19 bits per heavy atom. The van der Waals surface area contributed by atoms with E-state index in [9.17, 15) is 4.79 Å². The summed E-state index contributed by atoms with van der Waals surface area (Å²) in [5.74, 6) is 6.10. The van der Waals surface area contributed by atoms with E-state index in [4.69, 9.17) is 5.11 Å². The van der Waals surface area contributed by atoms with Gasteiger partial charge in [-0.25, -0.2) is 4.98 Å². The predicted molar refractivity (Wildman–Crippen MR) is 79.6 cm³/mol. The number of rotatable bonds is 1. The van der Waals surface area contributed by atoms with Crippen LogP contribution in [0.15, 0.2) is 18.3 Å². The summed E-state index contributed by atoms with van der Waals surface area (Å²) >= 11 is 0. The second-order valence-corrected chi connectivity index (χ2v) is 5.79. The Labute approximate surface area is 125 Å². The Balaban J connectivity index is 1.73. The van der Waals surface area contributed by atoms with Gasteiger partial charge in [-0.2, -0.15) is 0 Å². The van der Waals surface area contributed by atoms with Gasteiger partial charge in [0.15, 0.2) is 0 Å². The van der Waals surface area contributed by atoms with Crippen LogP contribution in [0, 0.1) is 17.8 Å². The lowest BCUT2D eigenvalue weighted by molar-refractivity contribution is 0.0684. The number of hydrogen-bond donors (Lipinski definition) is 1. The highest BCUT2D eigenvalue weighted by Gasteiger charge is 2.38. The van der Waals surface area contributed by atoms with Gasteiger partial charge in [0.05, 0.1) is 0 Å². The van der Waals surface area contributed by atoms with E-state index in [0.717, 1.165) is 24.9 Å². The van der Waals surface area contributed by atoms with Gasteiger partial charge in [0.1, 0.15) is 12.3 Å². The molecular weight excluding hydrogens is 264 g/mol. The standard InChI is InChI=1S/C17H20N2O2/c20-11-3-4-13-7-8-15(18-12-13)17(21)19-10-9-14-5-1-2-6-16(14)19/h7-8,12,14,16,20H,1-2,5-6,9-11H2. The van der Waals surface area contributed by atoms with E-state index in [-0.39, 0.29) is 12.5 Å². The van der Waals surface area contributed by atoms with Gasteiger partial charge in [-0.15, -0.1) is 0 Å². The zero-order chi connectivity index (χ0) is 14.7. The van der Waals surface area contributed by atoms with Gasteiger partial charge in [0.2, 0.25) is 0 Å². The Morgan fingerprint density at radius 1 is 1.33 bits per heavy atom. The third-order valence-corrected chi connectivity index (χ3v) is 4.57. The van der Waals surface area contributed by atoms with Crippen LogP contribution in [-0.2, 0) is 0 Å². The summed E-state index contributed by atoms with van der Waals surface area (Å²) < 4.78 is 0. The average Bonchev–Trinajstić information content (AvgIpc) is 2.97. The quantitative estimate of drug-likeness (QED) is 0.801. The van der Waals surface area contributed by atoms with Crippen molar-refractivity contribution in [3.63, 3.8) is 0 Å². The highest BCUT2D eigenvalue weighted by molar-refractivity contribution is 5.92. The molecule has 0 bridgehead atoms. The molecule has 1 aliphatic heterocycles. The fourth-order valence-electron chi connectivity index (χ4n) is 3.54. The van der Waals surface area contributed by atoms with E-state index >= 15 is 0 Å². The minimum absolute atomic E-state index is 0.0473. The normalized spacial score (nSPS) is 24.1. The fourth-order valence-corrected chi connectivity index (χ4v) is 3.54. The van der Waals surface area contributed by atoms with Crippen LogP contribution in [0.1, 0.15) is 48.2 Å². The minimum Gasteiger partial charge on any atom is -0.384 e. The highest BCUT2D eigenvalue weighted by atomic mass is 16.2. The molecule has 1 amide bonds. The molecule has 1 aromatic heterocycles. The van der Waals surface area contributed by atoms with Crippen LogP contribution in [0.25, 0.3) is 0 Å². The average molecular weight is 284 g/mol. The van der Waals surface area contributed by atoms with Crippen molar-refractivity contribution in [2.45, 2.75) is 38.1 Å². The van der Waals surface area contributed by atoms with E-state index < -0.39 is 0 Å². The van der Waals surface area contributed by atoms with Crippen LogP contribution in [0.5, 0.6) is 0 Å². The van der Waals surface area contributed by atoms with Crippen LogP contribution < -0.4 is 0 Å². The molecule has 3 rings (SSSR count). The van der Waals surface area contributed by atoms with Gasteiger partial charge in [0, 0.05) is 24.3 Å². The van der Waals surface area contributed by atoms with Crippen molar-refractivity contribution < 1.29 is 9.90 Å². The summed E-state index contributed by atoms with van der Waals surface area (Å²) in [5.41, 5.74) is 1.22. The van der Waals surface area contributed by atoms with Crippen LogP contribution in [0.2, 0.25) is 0 Å². The van der Waals surface area contributed by atoms with Gasteiger partial charge in [-0.3, -0.25) is 4.79 Å². The zero-order valence-corrected chi connectivity index (χ0v) is 12.1. The van der Waals surface area contributed by atoms with Gasteiger partial charge >= 0.3 is 0 Å². The lowest BCUT2D eigenvalue weighted by atomic mass is 9.85. The molecular formula is C17H20N2O2. The number of carbonyl (C=O) groups excluding carboxylic acids is 1. The molecule has 2 heterocycles. The van der Waals surface area contributed by atoms with Crippen molar-refractivity contribution in [2.75, 3.05) is 13.2 Å². The van der Waals surface area contributed by atoms with Crippen LogP contribution in [0.3, 0.4) is 0 Å². The van der Waals surface area contributed by atoms with E-state index in [1.54, 1.807) is 18.3 Å². The molecule has 0 aromatic carbocycles. The van der Waals surface area contributed by atoms with E-state index in [1.165, 1.54) is 19.3 Å². The van der Waals surface area contributed by atoms with Gasteiger partial charge < -0.3 is 10.0 Å². The van der Waals surface area contributed by atoms with Crippen LogP contribution in [-0.4, -0.2) is 40.1 Å². The number of aliphatic hydroxyl groups is 1. The van der Waals surface area contributed by atoms with E-state index in [0.29, 0.717) is 17.7 Å². The summed E-state index contributed by atoms with van der Waals surface area (Å²) in [7, 11) is 0. The maximum absolute atomic E-state index is 12.6. The number of likely N-dealkylation sites (tertiary alicyclic amines) is 1. The third-order valence-electron chi connectivity index (χ3n) is 4.57. The molecule has 1 saturated heterocycles. The maximum Gasteiger partial charge on any atom is 0.272 e. The first-order valence-corrected chi connectivity index (χ1v) is 7.66. The fraction of sp³-hybridized carbons (Fsp3) is 0.529. The number of hydrogen-bond acceptors (Lipinski definition) is 3. The highest BCUT2D eigenvalue weighted by Crippen LogP contribution is 2.36. The van der Waals surface area contributed by atoms with Crippen molar-refractivity contribution in [1.82, 2.24) is 9.88 Å². The Kier molecular flexibility index (Phi) is 4.21. The lowest BCUT2D eigenvalue weighted by Gasteiger charge is -2.31. The molecule has 0 spiro atoms. The molecule has 4 nitrogen and oxygen atoms in total. The third kappa shape index (κ3) is 2.93. The molecule has 21 heavy (non-hydrogen) atoms.